The van der Waals surface area contributed by atoms with Gasteiger partial charge in [0.1, 0.15) is 5.82 Å². The molecule has 0 bridgehead atoms. The Balaban J connectivity index is -0.000000699. The minimum atomic E-state index is -3.22. The SMILES string of the molecule is C/C=C(/C)c1ncc(-c2cccc(C(C)(F)F)c2F)cc1C.C=C(C)CC.CC.CC.CC. The Kier molecular flexibility index (Phi) is 20.4. The largest absolute Gasteiger partial charge is 0.273 e. The van der Waals surface area contributed by atoms with E-state index in [1.54, 1.807) is 6.07 Å². The van der Waals surface area contributed by atoms with Crippen molar-refractivity contribution in [1.29, 1.82) is 0 Å². The third-order valence-electron chi connectivity index (χ3n) is 4.27. The van der Waals surface area contributed by atoms with E-state index in [0.717, 1.165) is 29.3 Å². The van der Waals surface area contributed by atoms with Crippen LogP contribution < -0.4 is 0 Å². The van der Waals surface area contributed by atoms with Gasteiger partial charge in [0.15, 0.2) is 0 Å². The van der Waals surface area contributed by atoms with E-state index in [-0.39, 0.29) is 5.56 Å². The van der Waals surface area contributed by atoms with Gasteiger partial charge in [-0.05, 0) is 51.3 Å². The molecule has 0 fully saturated rings. The molecule has 0 N–H and O–H groups in total. The Hall–Kier alpha value is -2.36. The first-order valence-corrected chi connectivity index (χ1v) is 11.9. The highest BCUT2D eigenvalue weighted by molar-refractivity contribution is 5.69. The van der Waals surface area contributed by atoms with Crippen molar-refractivity contribution >= 4 is 5.57 Å². The zero-order valence-corrected chi connectivity index (χ0v) is 23.0. The van der Waals surface area contributed by atoms with E-state index < -0.39 is 17.3 Å². The van der Waals surface area contributed by atoms with Crippen LogP contribution in [0, 0.1) is 12.7 Å². The number of aryl methyl sites for hydroxylation is 1. The lowest BCUT2D eigenvalue weighted by Crippen LogP contribution is -2.10. The topological polar surface area (TPSA) is 12.9 Å². The lowest BCUT2D eigenvalue weighted by molar-refractivity contribution is 0.0138. The van der Waals surface area contributed by atoms with Gasteiger partial charge in [0.05, 0.1) is 11.3 Å². The van der Waals surface area contributed by atoms with Gasteiger partial charge >= 0.3 is 0 Å². The standard InChI is InChI=1S/C18H18F3N.C5H10.3C2H6/c1-5-11(2)17-12(3)9-13(10-22-17)14-7-6-8-15(16(14)19)18(4,20)21;1-4-5(2)3;3*1-2/h5-10H,1-4H3;2,4H2,1,3H3;3*1-2H3/b11-5-;;;;. The number of allylic oxidation sites excluding steroid dienone is 3. The molecule has 0 unspecified atom stereocenters. The number of benzene rings is 1. The molecule has 1 aromatic heterocycles. The second-order valence-electron chi connectivity index (χ2n) is 6.73. The van der Waals surface area contributed by atoms with E-state index in [0.29, 0.717) is 12.5 Å². The van der Waals surface area contributed by atoms with E-state index in [9.17, 15) is 13.2 Å². The molecule has 188 valence electrons. The van der Waals surface area contributed by atoms with Gasteiger partial charge < -0.3 is 0 Å². The molecule has 0 amide bonds. The lowest BCUT2D eigenvalue weighted by atomic mass is 9.98. The first-order valence-electron chi connectivity index (χ1n) is 11.9. The Morgan fingerprint density at radius 1 is 1.06 bits per heavy atom. The Morgan fingerprint density at radius 2 is 1.55 bits per heavy atom. The molecule has 0 saturated heterocycles. The summed E-state index contributed by atoms with van der Waals surface area (Å²) in [5.41, 5.74) is 4.00. The minimum absolute atomic E-state index is 0.138. The second kappa shape index (κ2) is 19.1. The van der Waals surface area contributed by atoms with Crippen molar-refractivity contribution < 1.29 is 13.2 Å². The summed E-state index contributed by atoms with van der Waals surface area (Å²) in [7, 11) is 0. The molecule has 2 aromatic rings. The maximum atomic E-state index is 14.4. The summed E-state index contributed by atoms with van der Waals surface area (Å²) in [4.78, 5) is 4.34. The number of halogens is 3. The predicted molar refractivity (Wildman–Crippen MR) is 142 cm³/mol. The first-order chi connectivity index (χ1) is 15.5. The van der Waals surface area contributed by atoms with Crippen LogP contribution in [0.25, 0.3) is 16.7 Å². The third kappa shape index (κ3) is 12.5. The van der Waals surface area contributed by atoms with Crippen LogP contribution >= 0.6 is 0 Å². The number of pyridine rings is 1. The number of aromatic nitrogens is 1. The van der Waals surface area contributed by atoms with Crippen molar-refractivity contribution in [1.82, 2.24) is 4.98 Å². The molecule has 0 aliphatic carbocycles. The van der Waals surface area contributed by atoms with E-state index in [1.165, 1.54) is 23.9 Å². The van der Waals surface area contributed by atoms with Crippen LogP contribution in [0.4, 0.5) is 13.2 Å². The Morgan fingerprint density at radius 3 is 1.91 bits per heavy atom. The zero-order chi connectivity index (χ0) is 26.8. The monoisotopic (exact) mass is 465 g/mol. The summed E-state index contributed by atoms with van der Waals surface area (Å²) >= 11 is 0. The molecule has 0 atom stereocenters. The second-order valence-corrected chi connectivity index (χ2v) is 6.73. The summed E-state index contributed by atoms with van der Waals surface area (Å²) < 4.78 is 41.3. The van der Waals surface area contributed by atoms with E-state index in [2.05, 4.69) is 18.5 Å². The first kappa shape index (κ1) is 35.2. The molecular weight excluding hydrogens is 419 g/mol. The average molecular weight is 466 g/mol. The van der Waals surface area contributed by atoms with Crippen LogP contribution in [-0.2, 0) is 5.92 Å². The highest BCUT2D eigenvalue weighted by Crippen LogP contribution is 2.34. The van der Waals surface area contributed by atoms with Gasteiger partial charge in [-0.15, -0.1) is 6.58 Å². The van der Waals surface area contributed by atoms with Crippen molar-refractivity contribution in [2.24, 2.45) is 0 Å². The van der Waals surface area contributed by atoms with E-state index >= 15 is 0 Å². The molecule has 33 heavy (non-hydrogen) atoms. The molecule has 1 aromatic carbocycles. The number of alkyl halides is 2. The van der Waals surface area contributed by atoms with Crippen LogP contribution in [-0.4, -0.2) is 4.98 Å². The highest BCUT2D eigenvalue weighted by atomic mass is 19.3. The fourth-order valence-corrected chi connectivity index (χ4v) is 2.37. The van der Waals surface area contributed by atoms with Crippen LogP contribution in [0.3, 0.4) is 0 Å². The van der Waals surface area contributed by atoms with Crippen molar-refractivity contribution in [3.05, 3.63) is 71.3 Å². The molecule has 0 spiro atoms. The molecule has 0 aliphatic rings. The summed E-state index contributed by atoms with van der Waals surface area (Å²) in [6, 6.07) is 5.80. The zero-order valence-electron chi connectivity index (χ0n) is 23.0. The quantitative estimate of drug-likeness (QED) is 0.409. The fraction of sp³-hybridized carbons (Fsp3) is 0.483. The Bertz CT molecular complexity index is 831. The van der Waals surface area contributed by atoms with Gasteiger partial charge in [-0.3, -0.25) is 4.98 Å². The van der Waals surface area contributed by atoms with Gasteiger partial charge in [-0.1, -0.05) is 78.3 Å². The molecule has 2 rings (SSSR count). The lowest BCUT2D eigenvalue weighted by Gasteiger charge is -2.15. The number of hydrogen-bond acceptors (Lipinski definition) is 1. The average Bonchev–Trinajstić information content (AvgIpc) is 2.82. The van der Waals surface area contributed by atoms with Crippen molar-refractivity contribution in [2.45, 2.75) is 95.4 Å². The summed E-state index contributed by atoms with van der Waals surface area (Å²) in [6.45, 7) is 26.2. The number of rotatable bonds is 4. The minimum Gasteiger partial charge on any atom is -0.256 e. The van der Waals surface area contributed by atoms with Crippen molar-refractivity contribution in [3.8, 4) is 11.1 Å². The number of nitrogens with zero attached hydrogens (tertiary/aromatic N) is 1. The van der Waals surface area contributed by atoms with Gasteiger partial charge in [0.25, 0.3) is 5.92 Å². The molecule has 0 aliphatic heterocycles. The summed E-state index contributed by atoms with van der Waals surface area (Å²) in [6.07, 6.45) is 4.57. The van der Waals surface area contributed by atoms with Gasteiger partial charge in [0.2, 0.25) is 0 Å². The maximum absolute atomic E-state index is 14.4. The van der Waals surface area contributed by atoms with Crippen LogP contribution in [0.1, 0.15) is 99.4 Å². The molecule has 4 heteroatoms. The highest BCUT2D eigenvalue weighted by Gasteiger charge is 2.29. The molecule has 1 heterocycles. The van der Waals surface area contributed by atoms with Crippen LogP contribution in [0.2, 0.25) is 0 Å². The van der Waals surface area contributed by atoms with Gasteiger partial charge in [0, 0.05) is 24.2 Å². The molecule has 0 saturated carbocycles. The number of hydrogen-bond donors (Lipinski definition) is 0. The normalized spacial score (nSPS) is 10.1. The maximum Gasteiger partial charge on any atom is 0.273 e. The van der Waals surface area contributed by atoms with E-state index in [1.807, 2.05) is 75.3 Å². The van der Waals surface area contributed by atoms with Crippen LogP contribution in [0.5, 0.6) is 0 Å². The molecule has 0 radical (unpaired) electrons. The third-order valence-corrected chi connectivity index (χ3v) is 4.27. The Labute approximate surface area is 201 Å². The van der Waals surface area contributed by atoms with Crippen LogP contribution in [0.15, 0.2) is 48.7 Å². The molecular formula is C29H46F3N. The van der Waals surface area contributed by atoms with Gasteiger partial charge in [-0.25, -0.2) is 13.2 Å². The molecule has 1 nitrogen and oxygen atoms in total. The summed E-state index contributed by atoms with van der Waals surface area (Å²) in [5.74, 6) is -4.11. The van der Waals surface area contributed by atoms with Crippen molar-refractivity contribution in [3.63, 3.8) is 0 Å². The smallest absolute Gasteiger partial charge is 0.256 e. The van der Waals surface area contributed by atoms with Gasteiger partial charge in [-0.2, -0.15) is 0 Å². The van der Waals surface area contributed by atoms with E-state index in [4.69, 9.17) is 0 Å². The summed E-state index contributed by atoms with van der Waals surface area (Å²) in [5, 5.41) is 0. The van der Waals surface area contributed by atoms with Crippen molar-refractivity contribution in [2.75, 3.05) is 0 Å². The fourth-order valence-electron chi connectivity index (χ4n) is 2.37. The predicted octanol–water partition coefficient (Wildman–Crippen LogP) is 10.8.